The Morgan fingerprint density at radius 1 is 0.939 bits per heavy atom. The second kappa shape index (κ2) is 10.2. The van der Waals surface area contributed by atoms with Gasteiger partial charge in [-0.15, -0.1) is 0 Å². The van der Waals surface area contributed by atoms with Crippen LogP contribution in [0.4, 0.5) is 10.1 Å². The van der Waals surface area contributed by atoms with Gasteiger partial charge in [0.2, 0.25) is 5.91 Å². The van der Waals surface area contributed by atoms with Crippen LogP contribution in [0.3, 0.4) is 0 Å². The molecule has 0 saturated carbocycles. The number of halogens is 1. The van der Waals surface area contributed by atoms with Crippen LogP contribution in [0.25, 0.3) is 0 Å². The van der Waals surface area contributed by atoms with Crippen LogP contribution in [-0.4, -0.2) is 20.9 Å². The number of hydrogen-bond donors (Lipinski definition) is 1. The molecule has 174 valence electrons. The third-order valence-electron chi connectivity index (χ3n) is 5.55. The van der Waals surface area contributed by atoms with Crippen LogP contribution in [0.2, 0.25) is 0 Å². The Morgan fingerprint density at radius 3 is 2.12 bits per heavy atom. The van der Waals surface area contributed by atoms with Crippen LogP contribution in [0, 0.1) is 26.6 Å². The maximum atomic E-state index is 13.4. The summed E-state index contributed by atoms with van der Waals surface area (Å²) in [6.07, 6.45) is 0.658. The largest absolute Gasteiger partial charge is 0.348 e. The van der Waals surface area contributed by atoms with Gasteiger partial charge < -0.3 is 5.32 Å². The standard InChI is InChI=1S/C26H29FN2O3S/c1-5-25(24-15-8-19(3)16-20(24)4)28-26(30)17-29(22-11-6-18(2)7-12-22)33(31,32)23-13-9-21(27)10-14-23/h6-16,25H,5,17H2,1-4H3,(H,28,30). The van der Waals surface area contributed by atoms with Gasteiger partial charge in [-0.1, -0.05) is 48.4 Å². The normalized spacial score (nSPS) is 12.3. The van der Waals surface area contributed by atoms with Gasteiger partial charge in [0.15, 0.2) is 0 Å². The summed E-state index contributed by atoms with van der Waals surface area (Å²) in [6.45, 7) is 7.47. The van der Waals surface area contributed by atoms with E-state index in [-0.39, 0.29) is 10.9 Å². The van der Waals surface area contributed by atoms with Crippen molar-refractivity contribution in [3.8, 4) is 0 Å². The number of hydrogen-bond acceptors (Lipinski definition) is 3. The molecule has 0 radical (unpaired) electrons. The zero-order valence-electron chi connectivity index (χ0n) is 19.3. The molecule has 0 bridgehead atoms. The molecule has 1 atom stereocenters. The van der Waals surface area contributed by atoms with Crippen LogP contribution in [0.1, 0.15) is 41.6 Å². The number of aryl methyl sites for hydroxylation is 3. The van der Waals surface area contributed by atoms with Gasteiger partial charge in [0.25, 0.3) is 10.0 Å². The molecular weight excluding hydrogens is 439 g/mol. The summed E-state index contributed by atoms with van der Waals surface area (Å²) in [6, 6.07) is 17.3. The number of sulfonamides is 1. The molecular formula is C26H29FN2O3S. The summed E-state index contributed by atoms with van der Waals surface area (Å²) >= 11 is 0. The second-order valence-corrected chi connectivity index (χ2v) is 10.1. The molecule has 0 heterocycles. The van der Waals surface area contributed by atoms with E-state index in [1.165, 1.54) is 12.1 Å². The molecule has 0 aliphatic carbocycles. The summed E-state index contributed by atoms with van der Waals surface area (Å²) in [5.74, 6) is -0.957. The lowest BCUT2D eigenvalue weighted by atomic mass is 9.97. The molecule has 7 heteroatoms. The highest BCUT2D eigenvalue weighted by Gasteiger charge is 2.28. The lowest BCUT2D eigenvalue weighted by molar-refractivity contribution is -0.120. The lowest BCUT2D eigenvalue weighted by Crippen LogP contribution is -2.42. The van der Waals surface area contributed by atoms with Crippen molar-refractivity contribution < 1.29 is 17.6 Å². The van der Waals surface area contributed by atoms with Crippen molar-refractivity contribution in [1.29, 1.82) is 0 Å². The Labute approximate surface area is 195 Å². The molecule has 33 heavy (non-hydrogen) atoms. The van der Waals surface area contributed by atoms with Gasteiger partial charge in [-0.05, 0) is 74.7 Å². The van der Waals surface area contributed by atoms with Gasteiger partial charge in [0.1, 0.15) is 12.4 Å². The topological polar surface area (TPSA) is 66.5 Å². The zero-order chi connectivity index (χ0) is 24.2. The first-order valence-corrected chi connectivity index (χ1v) is 12.3. The van der Waals surface area contributed by atoms with Crippen molar-refractivity contribution >= 4 is 21.6 Å². The number of nitrogens with one attached hydrogen (secondary N) is 1. The molecule has 5 nitrogen and oxygen atoms in total. The molecule has 3 aromatic rings. The van der Waals surface area contributed by atoms with E-state index in [4.69, 9.17) is 0 Å². The number of nitrogens with zero attached hydrogens (tertiary/aromatic N) is 1. The number of rotatable bonds is 8. The number of carbonyl (C=O) groups is 1. The summed E-state index contributed by atoms with van der Waals surface area (Å²) in [7, 11) is -4.09. The molecule has 0 aromatic heterocycles. The zero-order valence-corrected chi connectivity index (χ0v) is 20.1. The minimum absolute atomic E-state index is 0.0845. The Bertz CT molecular complexity index is 1220. The molecule has 0 spiro atoms. The van der Waals surface area contributed by atoms with Crippen molar-refractivity contribution in [3.05, 3.63) is 94.8 Å². The highest BCUT2D eigenvalue weighted by molar-refractivity contribution is 7.92. The molecule has 1 N–H and O–H groups in total. The summed E-state index contributed by atoms with van der Waals surface area (Å²) in [5, 5.41) is 2.98. The van der Waals surface area contributed by atoms with Gasteiger partial charge in [0.05, 0.1) is 16.6 Å². The van der Waals surface area contributed by atoms with E-state index in [0.29, 0.717) is 12.1 Å². The first-order chi connectivity index (χ1) is 15.6. The molecule has 0 aliphatic heterocycles. The minimum Gasteiger partial charge on any atom is -0.348 e. The van der Waals surface area contributed by atoms with Crippen molar-refractivity contribution in [1.82, 2.24) is 5.32 Å². The maximum Gasteiger partial charge on any atom is 0.264 e. The van der Waals surface area contributed by atoms with Crippen molar-refractivity contribution in [2.75, 3.05) is 10.8 Å². The first-order valence-electron chi connectivity index (χ1n) is 10.8. The molecule has 3 rings (SSSR count). The number of benzene rings is 3. The van der Waals surface area contributed by atoms with Gasteiger partial charge in [0, 0.05) is 0 Å². The van der Waals surface area contributed by atoms with Crippen LogP contribution < -0.4 is 9.62 Å². The number of carbonyl (C=O) groups excluding carboxylic acids is 1. The van der Waals surface area contributed by atoms with Gasteiger partial charge in [-0.3, -0.25) is 9.10 Å². The van der Waals surface area contributed by atoms with Gasteiger partial charge in [-0.25, -0.2) is 12.8 Å². The Balaban J connectivity index is 1.91. The van der Waals surface area contributed by atoms with Gasteiger partial charge in [-0.2, -0.15) is 0 Å². The van der Waals surface area contributed by atoms with E-state index in [1.807, 2.05) is 39.8 Å². The third kappa shape index (κ3) is 5.79. The van der Waals surface area contributed by atoms with E-state index in [2.05, 4.69) is 11.4 Å². The van der Waals surface area contributed by atoms with Crippen molar-refractivity contribution in [2.45, 2.75) is 45.1 Å². The first kappa shape index (κ1) is 24.5. The summed E-state index contributed by atoms with van der Waals surface area (Å²) in [4.78, 5) is 13.0. The highest BCUT2D eigenvalue weighted by Crippen LogP contribution is 2.25. The molecule has 0 aliphatic rings. The molecule has 0 fully saturated rings. The Morgan fingerprint density at radius 2 is 1.55 bits per heavy atom. The van der Waals surface area contributed by atoms with Crippen LogP contribution in [-0.2, 0) is 14.8 Å². The molecule has 1 unspecified atom stereocenters. The average molecular weight is 469 g/mol. The Kier molecular flexibility index (Phi) is 7.53. The minimum atomic E-state index is -4.09. The predicted octanol–water partition coefficient (Wildman–Crippen LogP) is 5.21. The van der Waals surface area contributed by atoms with E-state index >= 15 is 0 Å². The molecule has 0 saturated heterocycles. The van der Waals surface area contributed by atoms with E-state index < -0.39 is 28.3 Å². The Hall–Kier alpha value is -3.19. The van der Waals surface area contributed by atoms with E-state index in [1.54, 1.807) is 24.3 Å². The van der Waals surface area contributed by atoms with Crippen LogP contribution in [0.5, 0.6) is 0 Å². The third-order valence-corrected chi connectivity index (χ3v) is 7.34. The lowest BCUT2D eigenvalue weighted by Gasteiger charge is -2.26. The number of amides is 1. The summed E-state index contributed by atoms with van der Waals surface area (Å²) < 4.78 is 41.3. The van der Waals surface area contributed by atoms with Crippen LogP contribution >= 0.6 is 0 Å². The second-order valence-electron chi connectivity index (χ2n) is 8.19. The van der Waals surface area contributed by atoms with E-state index in [9.17, 15) is 17.6 Å². The summed E-state index contributed by atoms with van der Waals surface area (Å²) in [5.41, 5.74) is 4.52. The maximum absolute atomic E-state index is 13.4. The fourth-order valence-electron chi connectivity index (χ4n) is 3.75. The quantitative estimate of drug-likeness (QED) is 0.493. The fraction of sp³-hybridized carbons (Fsp3) is 0.269. The average Bonchev–Trinajstić information content (AvgIpc) is 2.77. The fourth-order valence-corrected chi connectivity index (χ4v) is 5.17. The predicted molar refractivity (Wildman–Crippen MR) is 129 cm³/mol. The monoisotopic (exact) mass is 468 g/mol. The SMILES string of the molecule is CCC(NC(=O)CN(c1ccc(C)cc1)S(=O)(=O)c1ccc(F)cc1)c1ccc(C)cc1C. The highest BCUT2D eigenvalue weighted by atomic mass is 32.2. The van der Waals surface area contributed by atoms with Gasteiger partial charge >= 0.3 is 0 Å². The molecule has 3 aromatic carbocycles. The van der Waals surface area contributed by atoms with Crippen molar-refractivity contribution in [2.24, 2.45) is 0 Å². The van der Waals surface area contributed by atoms with Crippen molar-refractivity contribution in [3.63, 3.8) is 0 Å². The van der Waals surface area contributed by atoms with Crippen LogP contribution in [0.15, 0.2) is 71.6 Å². The van der Waals surface area contributed by atoms with E-state index in [0.717, 1.165) is 38.7 Å². The molecule has 1 amide bonds. The number of anilines is 1. The smallest absolute Gasteiger partial charge is 0.264 e.